The van der Waals surface area contributed by atoms with E-state index >= 15 is 0 Å². The third kappa shape index (κ3) is 4.30. The van der Waals surface area contributed by atoms with Crippen molar-refractivity contribution >= 4 is 23.5 Å². The molecule has 1 fully saturated rings. The summed E-state index contributed by atoms with van der Waals surface area (Å²) in [6, 6.07) is 8.09. The molecule has 0 radical (unpaired) electrons. The van der Waals surface area contributed by atoms with Gasteiger partial charge >= 0.3 is 0 Å². The summed E-state index contributed by atoms with van der Waals surface area (Å²) in [6.45, 7) is 4.92. The van der Waals surface area contributed by atoms with Gasteiger partial charge < -0.3 is 9.80 Å². The number of carbonyl (C=O) groups excluding carboxylic acids is 1. The Morgan fingerprint density at radius 3 is 2.64 bits per heavy atom. The minimum atomic E-state index is 0.102. The highest BCUT2D eigenvalue weighted by molar-refractivity contribution is 7.99. The number of piperazine rings is 1. The first kappa shape index (κ1) is 18.4. The number of H-pyrrole nitrogens is 1. The number of nitrogens with zero attached hydrogens (tertiary/aromatic N) is 6. The maximum Gasteiger partial charge on any atom is 0.233 e. The van der Waals surface area contributed by atoms with Crippen LogP contribution in [0.15, 0.2) is 48.0 Å². The molecule has 1 aliphatic rings. The molecule has 2 aromatic heterocycles. The fourth-order valence-corrected chi connectivity index (χ4v) is 3.71. The number of carbonyl (C=O) groups is 1. The molecule has 1 amide bonds. The maximum atomic E-state index is 12.5. The van der Waals surface area contributed by atoms with Gasteiger partial charge in [0.1, 0.15) is 5.82 Å². The SMILES string of the molecule is Cc1ccc(-c2nc(SCC(=O)N3CCN(c4cnccn4)CC3)n[nH]2)cc1. The number of hydrogen-bond donors (Lipinski definition) is 1. The van der Waals surface area contributed by atoms with Crippen LogP contribution in [0, 0.1) is 6.92 Å². The molecule has 9 heteroatoms. The molecule has 4 rings (SSSR count). The van der Waals surface area contributed by atoms with Crippen LogP contribution in [-0.2, 0) is 4.79 Å². The largest absolute Gasteiger partial charge is 0.352 e. The van der Waals surface area contributed by atoms with E-state index in [4.69, 9.17) is 0 Å². The summed E-state index contributed by atoms with van der Waals surface area (Å²) in [6.07, 6.45) is 5.10. The molecule has 3 heterocycles. The van der Waals surface area contributed by atoms with Crippen LogP contribution in [0.1, 0.15) is 5.56 Å². The molecule has 0 atom stereocenters. The Bertz CT molecular complexity index is 921. The van der Waals surface area contributed by atoms with Crippen LogP contribution in [0.3, 0.4) is 0 Å². The van der Waals surface area contributed by atoms with Crippen molar-refractivity contribution in [3.63, 3.8) is 0 Å². The lowest BCUT2D eigenvalue weighted by atomic mass is 10.1. The van der Waals surface area contributed by atoms with E-state index in [2.05, 4.69) is 30.0 Å². The topological polar surface area (TPSA) is 90.9 Å². The molecule has 8 nitrogen and oxygen atoms in total. The molecule has 28 heavy (non-hydrogen) atoms. The molecule has 0 aliphatic carbocycles. The zero-order valence-corrected chi connectivity index (χ0v) is 16.4. The molecular formula is C19H21N7OS. The Labute approximate surface area is 167 Å². The third-order valence-electron chi connectivity index (χ3n) is 4.62. The summed E-state index contributed by atoms with van der Waals surface area (Å²) in [5, 5.41) is 7.74. The van der Waals surface area contributed by atoms with E-state index in [1.807, 2.05) is 36.1 Å². The number of amides is 1. The number of rotatable bonds is 5. The number of anilines is 1. The number of aromatic amines is 1. The van der Waals surface area contributed by atoms with Crippen LogP contribution in [-0.4, -0.2) is 67.9 Å². The van der Waals surface area contributed by atoms with E-state index in [1.165, 1.54) is 17.3 Å². The summed E-state index contributed by atoms with van der Waals surface area (Å²) in [5.74, 6) is 2.00. The minimum absolute atomic E-state index is 0.102. The van der Waals surface area contributed by atoms with Crippen molar-refractivity contribution in [1.29, 1.82) is 0 Å². The fraction of sp³-hybridized carbons (Fsp3) is 0.316. The fourth-order valence-electron chi connectivity index (χ4n) is 3.01. The number of thioether (sulfide) groups is 1. The van der Waals surface area contributed by atoms with Gasteiger partial charge in [-0.15, -0.1) is 5.10 Å². The second kappa shape index (κ2) is 8.39. The average molecular weight is 395 g/mol. The number of aromatic nitrogens is 5. The lowest BCUT2D eigenvalue weighted by molar-refractivity contribution is -0.128. The van der Waals surface area contributed by atoms with Crippen LogP contribution >= 0.6 is 11.8 Å². The summed E-state index contributed by atoms with van der Waals surface area (Å²) >= 11 is 1.36. The van der Waals surface area contributed by atoms with Gasteiger partial charge in [0, 0.05) is 44.1 Å². The number of hydrogen-bond acceptors (Lipinski definition) is 7. The van der Waals surface area contributed by atoms with Gasteiger partial charge in [-0.05, 0) is 6.92 Å². The Morgan fingerprint density at radius 1 is 1.14 bits per heavy atom. The van der Waals surface area contributed by atoms with E-state index in [0.717, 1.165) is 24.5 Å². The quantitative estimate of drug-likeness (QED) is 0.661. The Balaban J connectivity index is 1.28. The minimum Gasteiger partial charge on any atom is -0.352 e. The molecule has 0 spiro atoms. The molecule has 1 N–H and O–H groups in total. The smallest absolute Gasteiger partial charge is 0.233 e. The highest BCUT2D eigenvalue weighted by atomic mass is 32.2. The van der Waals surface area contributed by atoms with Gasteiger partial charge in [-0.2, -0.15) is 0 Å². The van der Waals surface area contributed by atoms with Crippen molar-refractivity contribution in [2.24, 2.45) is 0 Å². The van der Waals surface area contributed by atoms with Gasteiger partial charge in [0.2, 0.25) is 11.1 Å². The normalized spacial score (nSPS) is 14.3. The Kier molecular flexibility index (Phi) is 5.52. The lowest BCUT2D eigenvalue weighted by Crippen LogP contribution is -2.49. The van der Waals surface area contributed by atoms with E-state index in [1.54, 1.807) is 18.6 Å². The summed E-state index contributed by atoms with van der Waals surface area (Å²) < 4.78 is 0. The van der Waals surface area contributed by atoms with Crippen LogP contribution < -0.4 is 4.90 Å². The first-order valence-corrected chi connectivity index (χ1v) is 10.1. The van der Waals surface area contributed by atoms with Crippen LogP contribution in [0.25, 0.3) is 11.4 Å². The maximum absolute atomic E-state index is 12.5. The molecule has 3 aromatic rings. The van der Waals surface area contributed by atoms with Gasteiger partial charge in [-0.1, -0.05) is 41.6 Å². The van der Waals surface area contributed by atoms with Gasteiger partial charge in [0.05, 0.1) is 11.9 Å². The molecule has 144 valence electrons. The summed E-state index contributed by atoms with van der Waals surface area (Å²) in [4.78, 5) is 29.4. The Hall–Kier alpha value is -2.94. The van der Waals surface area contributed by atoms with E-state index in [-0.39, 0.29) is 5.91 Å². The van der Waals surface area contributed by atoms with Crippen molar-refractivity contribution in [2.45, 2.75) is 12.1 Å². The second-order valence-electron chi connectivity index (χ2n) is 6.55. The second-order valence-corrected chi connectivity index (χ2v) is 7.50. The zero-order valence-electron chi connectivity index (χ0n) is 15.6. The first-order chi connectivity index (χ1) is 13.7. The van der Waals surface area contributed by atoms with Gasteiger partial charge in [0.15, 0.2) is 5.82 Å². The van der Waals surface area contributed by atoms with Crippen LogP contribution in [0.2, 0.25) is 0 Å². The third-order valence-corrected chi connectivity index (χ3v) is 5.45. The van der Waals surface area contributed by atoms with E-state index in [0.29, 0.717) is 29.8 Å². The van der Waals surface area contributed by atoms with Crippen molar-refractivity contribution in [1.82, 2.24) is 30.0 Å². The van der Waals surface area contributed by atoms with Gasteiger partial charge in [-0.3, -0.25) is 14.9 Å². The number of aryl methyl sites for hydroxylation is 1. The average Bonchev–Trinajstić information content (AvgIpc) is 3.22. The lowest BCUT2D eigenvalue weighted by Gasteiger charge is -2.35. The van der Waals surface area contributed by atoms with Crippen molar-refractivity contribution in [3.8, 4) is 11.4 Å². The standard InChI is InChI=1S/C19H21N7OS/c1-14-2-4-15(5-3-14)18-22-19(24-23-18)28-13-17(27)26-10-8-25(9-11-26)16-12-20-6-7-21-16/h2-7,12H,8-11,13H2,1H3,(H,22,23,24). The molecule has 1 aromatic carbocycles. The van der Waals surface area contributed by atoms with Crippen LogP contribution in [0.5, 0.6) is 0 Å². The highest BCUT2D eigenvalue weighted by Crippen LogP contribution is 2.20. The molecular weight excluding hydrogens is 374 g/mol. The van der Waals surface area contributed by atoms with E-state index < -0.39 is 0 Å². The summed E-state index contributed by atoms with van der Waals surface area (Å²) in [7, 11) is 0. The molecule has 0 bridgehead atoms. The van der Waals surface area contributed by atoms with Crippen LogP contribution in [0.4, 0.5) is 5.82 Å². The van der Waals surface area contributed by atoms with Crippen molar-refractivity contribution in [3.05, 3.63) is 48.4 Å². The molecule has 1 aliphatic heterocycles. The molecule has 0 saturated carbocycles. The van der Waals surface area contributed by atoms with Gasteiger partial charge in [-0.25, -0.2) is 9.97 Å². The predicted molar refractivity (Wildman–Crippen MR) is 108 cm³/mol. The highest BCUT2D eigenvalue weighted by Gasteiger charge is 2.22. The Morgan fingerprint density at radius 2 is 1.93 bits per heavy atom. The number of nitrogens with one attached hydrogen (secondary N) is 1. The first-order valence-electron chi connectivity index (χ1n) is 9.10. The number of benzene rings is 1. The monoisotopic (exact) mass is 395 g/mol. The molecule has 0 unspecified atom stereocenters. The molecule has 1 saturated heterocycles. The van der Waals surface area contributed by atoms with Crippen molar-refractivity contribution < 1.29 is 4.79 Å². The van der Waals surface area contributed by atoms with E-state index in [9.17, 15) is 4.79 Å². The van der Waals surface area contributed by atoms with Gasteiger partial charge in [0.25, 0.3) is 0 Å². The predicted octanol–water partition coefficient (Wildman–Crippen LogP) is 2.01. The summed E-state index contributed by atoms with van der Waals surface area (Å²) in [5.41, 5.74) is 2.18. The van der Waals surface area contributed by atoms with Crippen molar-refractivity contribution in [2.75, 3.05) is 36.8 Å². The zero-order chi connectivity index (χ0) is 19.3.